The molecular formula is C22H26ClNO5. The second-order valence-corrected chi connectivity index (χ2v) is 7.59. The van der Waals surface area contributed by atoms with Crippen LogP contribution in [-0.4, -0.2) is 58.2 Å². The van der Waals surface area contributed by atoms with Gasteiger partial charge in [-0.25, -0.2) is 0 Å². The maximum absolute atomic E-state index is 12.8. The number of benzene rings is 2. The van der Waals surface area contributed by atoms with Crippen LogP contribution in [0.1, 0.15) is 36.7 Å². The zero-order valence-electron chi connectivity index (χ0n) is 16.8. The van der Waals surface area contributed by atoms with E-state index < -0.39 is 18.3 Å². The van der Waals surface area contributed by atoms with Gasteiger partial charge in [-0.3, -0.25) is 9.59 Å². The molecule has 1 unspecified atom stereocenters. The van der Waals surface area contributed by atoms with Gasteiger partial charge in [-0.05, 0) is 69.3 Å². The van der Waals surface area contributed by atoms with Gasteiger partial charge in [0.2, 0.25) is 0 Å². The molecule has 0 aliphatic heterocycles. The number of amides is 1. The first-order valence-corrected chi connectivity index (χ1v) is 9.73. The molecule has 1 amide bonds. The Morgan fingerprint density at radius 3 is 2.07 bits per heavy atom. The Morgan fingerprint density at radius 1 is 1.07 bits per heavy atom. The lowest BCUT2D eigenvalue weighted by Gasteiger charge is -2.32. The lowest BCUT2D eigenvalue weighted by Crippen LogP contribution is -2.51. The molecular weight excluding hydrogens is 394 g/mol. The number of hydrogen-bond donors (Lipinski definition) is 2. The maximum Gasteiger partial charge on any atom is 0.266 e. The summed E-state index contributed by atoms with van der Waals surface area (Å²) in [6.07, 6.45) is -1.01. The standard InChI is InChI=1S/C22H26ClNO5/c1-4-24(13-18(26)14-25)21(28)22(2,3)29-19-11-7-16(8-12-19)20(27)15-5-9-17(23)10-6-15/h5-12,18,25-26H,4,13-14H2,1-3H3. The fourth-order valence-corrected chi connectivity index (χ4v) is 2.96. The van der Waals surface area contributed by atoms with E-state index in [2.05, 4.69) is 0 Å². The highest BCUT2D eigenvalue weighted by molar-refractivity contribution is 6.30. The topological polar surface area (TPSA) is 87.1 Å². The third kappa shape index (κ3) is 6.03. The van der Waals surface area contributed by atoms with Gasteiger partial charge in [-0.15, -0.1) is 0 Å². The molecule has 156 valence electrons. The summed E-state index contributed by atoms with van der Waals surface area (Å²) < 4.78 is 5.85. The van der Waals surface area contributed by atoms with Crippen LogP contribution in [0.2, 0.25) is 5.02 Å². The molecule has 0 saturated heterocycles. The van der Waals surface area contributed by atoms with Crippen molar-refractivity contribution in [1.82, 2.24) is 4.90 Å². The highest BCUT2D eigenvalue weighted by atomic mass is 35.5. The van der Waals surface area contributed by atoms with E-state index in [1.165, 1.54) is 4.90 Å². The third-order valence-electron chi connectivity index (χ3n) is 4.42. The number of aliphatic hydroxyl groups is 2. The average molecular weight is 420 g/mol. The van der Waals surface area contributed by atoms with E-state index >= 15 is 0 Å². The van der Waals surface area contributed by atoms with Crippen LogP contribution < -0.4 is 4.74 Å². The highest BCUT2D eigenvalue weighted by Crippen LogP contribution is 2.22. The number of carbonyl (C=O) groups excluding carboxylic acids is 2. The Hall–Kier alpha value is -2.41. The number of rotatable bonds is 9. The van der Waals surface area contributed by atoms with Crippen molar-refractivity contribution in [2.45, 2.75) is 32.5 Å². The number of nitrogens with zero attached hydrogens (tertiary/aromatic N) is 1. The molecule has 2 rings (SSSR count). The van der Waals surface area contributed by atoms with Crippen LogP contribution in [0, 0.1) is 0 Å². The van der Waals surface area contributed by atoms with Crippen LogP contribution in [-0.2, 0) is 4.79 Å². The van der Waals surface area contributed by atoms with E-state index in [1.807, 2.05) is 0 Å². The first-order chi connectivity index (χ1) is 13.7. The zero-order valence-corrected chi connectivity index (χ0v) is 17.5. The first kappa shape index (κ1) is 22.9. The quantitative estimate of drug-likeness (QED) is 0.610. The van der Waals surface area contributed by atoms with Gasteiger partial charge in [-0.2, -0.15) is 0 Å². The fraction of sp³-hybridized carbons (Fsp3) is 0.364. The van der Waals surface area contributed by atoms with E-state index in [0.717, 1.165) is 0 Å². The summed E-state index contributed by atoms with van der Waals surface area (Å²) in [7, 11) is 0. The molecule has 0 aliphatic rings. The molecule has 6 nitrogen and oxygen atoms in total. The van der Waals surface area contributed by atoms with Crippen molar-refractivity contribution >= 4 is 23.3 Å². The van der Waals surface area contributed by atoms with E-state index in [9.17, 15) is 14.7 Å². The van der Waals surface area contributed by atoms with Crippen molar-refractivity contribution in [3.63, 3.8) is 0 Å². The number of carbonyl (C=O) groups is 2. The molecule has 0 aliphatic carbocycles. The lowest BCUT2D eigenvalue weighted by molar-refractivity contribution is -0.147. The molecule has 29 heavy (non-hydrogen) atoms. The molecule has 1 atom stereocenters. The number of likely N-dealkylation sites (N-methyl/N-ethyl adjacent to an activating group) is 1. The molecule has 0 saturated carbocycles. The van der Waals surface area contributed by atoms with Crippen LogP contribution in [0.4, 0.5) is 0 Å². The van der Waals surface area contributed by atoms with Gasteiger partial charge in [0, 0.05) is 29.2 Å². The van der Waals surface area contributed by atoms with E-state index in [4.69, 9.17) is 21.4 Å². The van der Waals surface area contributed by atoms with Crippen LogP contribution in [0.25, 0.3) is 0 Å². The van der Waals surface area contributed by atoms with Gasteiger partial charge in [0.05, 0.1) is 12.7 Å². The normalized spacial score (nSPS) is 12.3. The Morgan fingerprint density at radius 2 is 1.59 bits per heavy atom. The molecule has 0 aromatic heterocycles. The number of ketones is 1. The summed E-state index contributed by atoms with van der Waals surface area (Å²) in [6.45, 7) is 5.03. The molecule has 0 bridgehead atoms. The number of hydrogen-bond acceptors (Lipinski definition) is 5. The molecule has 2 N–H and O–H groups in total. The molecule has 2 aromatic carbocycles. The predicted molar refractivity (Wildman–Crippen MR) is 111 cm³/mol. The Labute approximate surface area is 175 Å². The minimum atomic E-state index is -1.19. The average Bonchev–Trinajstić information content (AvgIpc) is 2.71. The SMILES string of the molecule is CCN(CC(O)CO)C(=O)C(C)(C)Oc1ccc(C(=O)c2ccc(Cl)cc2)cc1. The zero-order chi connectivity index (χ0) is 21.6. The molecule has 0 heterocycles. The lowest BCUT2D eigenvalue weighted by atomic mass is 10.0. The summed E-state index contributed by atoms with van der Waals surface area (Å²) in [4.78, 5) is 26.7. The van der Waals surface area contributed by atoms with Crippen molar-refractivity contribution in [3.8, 4) is 5.75 Å². The second kappa shape index (κ2) is 9.87. The van der Waals surface area contributed by atoms with Crippen molar-refractivity contribution < 1.29 is 24.5 Å². The van der Waals surface area contributed by atoms with Crippen molar-refractivity contribution in [2.24, 2.45) is 0 Å². The van der Waals surface area contributed by atoms with Gasteiger partial charge < -0.3 is 19.8 Å². The molecule has 0 radical (unpaired) electrons. The Balaban J connectivity index is 2.09. The van der Waals surface area contributed by atoms with Crippen LogP contribution in [0.15, 0.2) is 48.5 Å². The largest absolute Gasteiger partial charge is 0.478 e. The summed E-state index contributed by atoms with van der Waals surface area (Å²) in [5.74, 6) is -0.0118. The first-order valence-electron chi connectivity index (χ1n) is 9.35. The molecule has 0 spiro atoms. The number of halogens is 1. The third-order valence-corrected chi connectivity index (χ3v) is 4.67. The Kier molecular flexibility index (Phi) is 7.79. The molecule has 2 aromatic rings. The van der Waals surface area contributed by atoms with Gasteiger partial charge >= 0.3 is 0 Å². The minimum Gasteiger partial charge on any atom is -0.478 e. The highest BCUT2D eigenvalue weighted by Gasteiger charge is 2.34. The number of ether oxygens (including phenoxy) is 1. The molecule has 7 heteroatoms. The summed E-state index contributed by atoms with van der Waals surface area (Å²) in [5.41, 5.74) is -0.169. The van der Waals surface area contributed by atoms with Crippen LogP contribution in [0.3, 0.4) is 0 Å². The fourth-order valence-electron chi connectivity index (χ4n) is 2.83. The van der Waals surface area contributed by atoms with E-state index in [0.29, 0.717) is 28.4 Å². The van der Waals surface area contributed by atoms with Gasteiger partial charge in [0.1, 0.15) is 5.75 Å². The van der Waals surface area contributed by atoms with E-state index in [1.54, 1.807) is 69.3 Å². The predicted octanol–water partition coefficient (Wildman–Crippen LogP) is 2.93. The monoisotopic (exact) mass is 419 g/mol. The van der Waals surface area contributed by atoms with Gasteiger partial charge in [0.15, 0.2) is 11.4 Å². The number of aliphatic hydroxyl groups excluding tert-OH is 2. The van der Waals surface area contributed by atoms with Crippen LogP contribution >= 0.6 is 11.6 Å². The Bertz CT molecular complexity index is 833. The van der Waals surface area contributed by atoms with Crippen molar-refractivity contribution in [3.05, 3.63) is 64.7 Å². The molecule has 0 fully saturated rings. The van der Waals surface area contributed by atoms with Crippen molar-refractivity contribution in [2.75, 3.05) is 19.7 Å². The summed E-state index contributed by atoms with van der Waals surface area (Å²) in [6, 6.07) is 13.2. The van der Waals surface area contributed by atoms with Crippen LogP contribution in [0.5, 0.6) is 5.75 Å². The summed E-state index contributed by atoms with van der Waals surface area (Å²) >= 11 is 5.85. The maximum atomic E-state index is 12.8. The van der Waals surface area contributed by atoms with E-state index in [-0.39, 0.29) is 18.2 Å². The van der Waals surface area contributed by atoms with Gasteiger partial charge in [0.25, 0.3) is 5.91 Å². The summed E-state index contributed by atoms with van der Waals surface area (Å²) in [5, 5.41) is 19.2. The minimum absolute atomic E-state index is 0.0210. The van der Waals surface area contributed by atoms with Crippen molar-refractivity contribution in [1.29, 1.82) is 0 Å². The second-order valence-electron chi connectivity index (χ2n) is 7.15. The van der Waals surface area contributed by atoms with Gasteiger partial charge in [-0.1, -0.05) is 11.6 Å². The smallest absolute Gasteiger partial charge is 0.266 e.